The van der Waals surface area contributed by atoms with Gasteiger partial charge in [0.05, 0.1) is 18.2 Å². The van der Waals surface area contributed by atoms with Crippen molar-refractivity contribution in [2.45, 2.75) is 37.6 Å². The standard InChI is InChI=1S/C7H15NO4/c1-3-5(9)4(8)6(10)7(11-2)12-3/h3-7,9-10H,8H2,1-2H3/t3-,4+,5-,6+,7+/m1/s1. The molecule has 5 nitrogen and oxygen atoms in total. The molecule has 1 heterocycles. The van der Waals surface area contributed by atoms with Crippen LogP contribution in [0.5, 0.6) is 0 Å². The van der Waals surface area contributed by atoms with Crippen LogP contribution in [0.15, 0.2) is 0 Å². The number of aliphatic hydroxyl groups is 2. The van der Waals surface area contributed by atoms with Crippen molar-refractivity contribution < 1.29 is 19.7 Å². The third kappa shape index (κ3) is 1.60. The van der Waals surface area contributed by atoms with Crippen LogP contribution in [0.4, 0.5) is 0 Å². The predicted octanol–water partition coefficient (Wildman–Crippen LogP) is -1.57. The monoisotopic (exact) mass is 177 g/mol. The van der Waals surface area contributed by atoms with E-state index in [1.807, 2.05) is 0 Å². The lowest BCUT2D eigenvalue weighted by Crippen LogP contribution is -2.60. The summed E-state index contributed by atoms with van der Waals surface area (Å²) < 4.78 is 9.96. The molecule has 1 fully saturated rings. The Balaban J connectivity index is 2.63. The normalized spacial score (nSPS) is 49.2. The van der Waals surface area contributed by atoms with Gasteiger partial charge in [-0.1, -0.05) is 0 Å². The van der Waals surface area contributed by atoms with Gasteiger partial charge in [-0.05, 0) is 6.92 Å². The van der Waals surface area contributed by atoms with Crippen molar-refractivity contribution >= 4 is 0 Å². The van der Waals surface area contributed by atoms with Crippen molar-refractivity contribution in [2.75, 3.05) is 7.11 Å². The van der Waals surface area contributed by atoms with E-state index in [1.165, 1.54) is 7.11 Å². The third-order valence-corrected chi connectivity index (χ3v) is 2.13. The van der Waals surface area contributed by atoms with E-state index in [1.54, 1.807) is 6.92 Å². The van der Waals surface area contributed by atoms with E-state index >= 15 is 0 Å². The summed E-state index contributed by atoms with van der Waals surface area (Å²) in [7, 11) is 1.42. The summed E-state index contributed by atoms with van der Waals surface area (Å²) in [6.45, 7) is 1.68. The van der Waals surface area contributed by atoms with E-state index in [0.717, 1.165) is 0 Å². The summed E-state index contributed by atoms with van der Waals surface area (Å²) in [4.78, 5) is 0. The van der Waals surface area contributed by atoms with Gasteiger partial charge in [-0.15, -0.1) is 0 Å². The fourth-order valence-electron chi connectivity index (χ4n) is 1.26. The van der Waals surface area contributed by atoms with Gasteiger partial charge in [-0.25, -0.2) is 0 Å². The van der Waals surface area contributed by atoms with Crippen molar-refractivity contribution in [3.05, 3.63) is 0 Å². The second-order valence-corrected chi connectivity index (χ2v) is 3.00. The first-order chi connectivity index (χ1) is 5.57. The molecular weight excluding hydrogens is 162 g/mol. The lowest BCUT2D eigenvalue weighted by atomic mass is 9.98. The largest absolute Gasteiger partial charge is 0.389 e. The summed E-state index contributed by atoms with van der Waals surface area (Å²) in [6.07, 6.45) is -2.96. The third-order valence-electron chi connectivity index (χ3n) is 2.13. The number of methoxy groups -OCH3 is 1. The Bertz CT molecular complexity index is 150. The molecule has 0 aromatic heterocycles. The first kappa shape index (κ1) is 9.88. The second kappa shape index (κ2) is 3.68. The molecule has 1 aliphatic rings. The van der Waals surface area contributed by atoms with Crippen LogP contribution >= 0.6 is 0 Å². The Kier molecular flexibility index (Phi) is 3.03. The zero-order valence-electron chi connectivity index (χ0n) is 7.18. The van der Waals surface area contributed by atoms with Crippen molar-refractivity contribution in [1.82, 2.24) is 0 Å². The highest BCUT2D eigenvalue weighted by Gasteiger charge is 2.40. The zero-order chi connectivity index (χ0) is 9.30. The maximum atomic E-state index is 9.39. The average molecular weight is 177 g/mol. The molecule has 72 valence electrons. The Morgan fingerprint density at radius 2 is 1.92 bits per heavy atom. The van der Waals surface area contributed by atoms with Gasteiger partial charge < -0.3 is 25.4 Å². The van der Waals surface area contributed by atoms with Gasteiger partial charge in [0.1, 0.15) is 6.10 Å². The summed E-state index contributed by atoms with van der Waals surface area (Å²) in [5.41, 5.74) is 5.52. The van der Waals surface area contributed by atoms with Gasteiger partial charge in [-0.2, -0.15) is 0 Å². The molecule has 0 unspecified atom stereocenters. The number of nitrogens with two attached hydrogens (primary N) is 1. The number of hydrogen-bond donors (Lipinski definition) is 3. The van der Waals surface area contributed by atoms with Gasteiger partial charge in [0, 0.05) is 7.11 Å². The van der Waals surface area contributed by atoms with Crippen LogP contribution in [0.1, 0.15) is 6.92 Å². The predicted molar refractivity (Wildman–Crippen MR) is 41.3 cm³/mol. The minimum Gasteiger partial charge on any atom is -0.389 e. The first-order valence-electron chi connectivity index (χ1n) is 3.88. The topological polar surface area (TPSA) is 84.9 Å². The highest BCUT2D eigenvalue weighted by atomic mass is 16.7. The molecule has 4 N–H and O–H groups in total. The molecule has 0 bridgehead atoms. The Morgan fingerprint density at radius 3 is 2.42 bits per heavy atom. The van der Waals surface area contributed by atoms with Gasteiger partial charge in [-0.3, -0.25) is 0 Å². The van der Waals surface area contributed by atoms with Crippen LogP contribution in [0.3, 0.4) is 0 Å². The molecule has 1 saturated heterocycles. The lowest BCUT2D eigenvalue weighted by molar-refractivity contribution is -0.258. The molecule has 1 rings (SSSR count). The van der Waals surface area contributed by atoms with Gasteiger partial charge >= 0.3 is 0 Å². The van der Waals surface area contributed by atoms with Crippen LogP contribution in [-0.4, -0.2) is 48.0 Å². The molecule has 12 heavy (non-hydrogen) atoms. The smallest absolute Gasteiger partial charge is 0.185 e. The first-order valence-corrected chi connectivity index (χ1v) is 3.88. The van der Waals surface area contributed by atoms with Crippen molar-refractivity contribution in [2.24, 2.45) is 5.73 Å². The number of hydrogen-bond acceptors (Lipinski definition) is 5. The van der Waals surface area contributed by atoms with E-state index in [4.69, 9.17) is 15.2 Å². The molecule has 5 atom stereocenters. The zero-order valence-corrected chi connectivity index (χ0v) is 7.18. The fourth-order valence-corrected chi connectivity index (χ4v) is 1.26. The molecule has 0 spiro atoms. The SMILES string of the molecule is CO[C@H]1O[C@H](C)[C@@H](O)[C@H](N)[C@@H]1O. The number of aliphatic hydroxyl groups excluding tert-OH is 2. The Morgan fingerprint density at radius 1 is 1.33 bits per heavy atom. The van der Waals surface area contributed by atoms with Crippen LogP contribution < -0.4 is 5.73 Å². The maximum absolute atomic E-state index is 9.39. The molecule has 0 aromatic rings. The van der Waals surface area contributed by atoms with Gasteiger partial charge in [0.15, 0.2) is 6.29 Å². The highest BCUT2D eigenvalue weighted by Crippen LogP contribution is 2.19. The van der Waals surface area contributed by atoms with E-state index in [9.17, 15) is 10.2 Å². The lowest BCUT2D eigenvalue weighted by Gasteiger charge is -2.39. The summed E-state index contributed by atoms with van der Waals surface area (Å²) in [5, 5.41) is 18.8. The van der Waals surface area contributed by atoms with Crippen molar-refractivity contribution in [3.8, 4) is 0 Å². The van der Waals surface area contributed by atoms with Crippen LogP contribution in [-0.2, 0) is 9.47 Å². The highest BCUT2D eigenvalue weighted by molar-refractivity contribution is 4.89. The van der Waals surface area contributed by atoms with E-state index in [2.05, 4.69) is 0 Å². The van der Waals surface area contributed by atoms with E-state index < -0.39 is 30.6 Å². The molecule has 0 aromatic carbocycles. The number of rotatable bonds is 1. The fraction of sp³-hybridized carbons (Fsp3) is 1.00. The number of ether oxygens (including phenoxy) is 2. The quantitative estimate of drug-likeness (QED) is 0.450. The van der Waals surface area contributed by atoms with Gasteiger partial charge in [0.25, 0.3) is 0 Å². The van der Waals surface area contributed by atoms with Crippen molar-refractivity contribution in [3.63, 3.8) is 0 Å². The van der Waals surface area contributed by atoms with E-state index in [0.29, 0.717) is 0 Å². The Labute approximate surface area is 71.1 Å². The van der Waals surface area contributed by atoms with Crippen LogP contribution in [0, 0.1) is 0 Å². The Hall–Kier alpha value is -0.200. The molecule has 0 radical (unpaired) electrons. The van der Waals surface area contributed by atoms with Crippen LogP contribution in [0.2, 0.25) is 0 Å². The molecule has 0 saturated carbocycles. The molecule has 0 amide bonds. The maximum Gasteiger partial charge on any atom is 0.185 e. The minimum atomic E-state index is -0.971. The van der Waals surface area contributed by atoms with Crippen molar-refractivity contribution in [1.29, 1.82) is 0 Å². The average Bonchev–Trinajstić information content (AvgIpc) is 2.08. The molecule has 5 heteroatoms. The summed E-state index contributed by atoms with van der Waals surface area (Å²) >= 11 is 0. The van der Waals surface area contributed by atoms with Crippen LogP contribution in [0.25, 0.3) is 0 Å². The minimum absolute atomic E-state index is 0.409. The molecule has 1 aliphatic heterocycles. The summed E-state index contributed by atoms with van der Waals surface area (Å²) in [5.74, 6) is 0. The molecule has 0 aliphatic carbocycles. The molecular formula is C7H15NO4. The van der Waals surface area contributed by atoms with Gasteiger partial charge in [0.2, 0.25) is 0 Å². The van der Waals surface area contributed by atoms with E-state index in [-0.39, 0.29) is 0 Å². The summed E-state index contributed by atoms with van der Waals surface area (Å²) in [6, 6.07) is -0.710. The second-order valence-electron chi connectivity index (χ2n) is 3.00.